The Hall–Kier alpha value is -2.67. The molecule has 1 amide bonds. The number of anilines is 1. The Bertz CT molecular complexity index is 1110. The van der Waals surface area contributed by atoms with Crippen molar-refractivity contribution in [1.29, 1.82) is 5.26 Å². The molecule has 1 N–H and O–H groups in total. The number of furan rings is 1. The minimum atomic E-state index is -3.57. The monoisotopic (exact) mass is 430 g/mol. The van der Waals surface area contributed by atoms with E-state index in [0.29, 0.717) is 48.0 Å². The van der Waals surface area contributed by atoms with Crippen LogP contribution in [0.25, 0.3) is 0 Å². The van der Waals surface area contributed by atoms with Crippen molar-refractivity contribution in [1.82, 2.24) is 9.21 Å². The number of benzene rings is 1. The van der Waals surface area contributed by atoms with E-state index in [0.717, 1.165) is 11.1 Å². The first-order valence-corrected chi connectivity index (χ1v) is 11.2. The summed E-state index contributed by atoms with van der Waals surface area (Å²) in [5.41, 5.74) is 2.78. The van der Waals surface area contributed by atoms with Crippen LogP contribution in [0.2, 0.25) is 0 Å². The summed E-state index contributed by atoms with van der Waals surface area (Å²) in [6.45, 7) is 8.84. The molecule has 8 nitrogen and oxygen atoms in total. The van der Waals surface area contributed by atoms with Crippen LogP contribution >= 0.6 is 0 Å². The molecule has 160 valence electrons. The van der Waals surface area contributed by atoms with E-state index in [2.05, 4.69) is 5.32 Å². The van der Waals surface area contributed by atoms with Gasteiger partial charge in [0.15, 0.2) is 0 Å². The molecule has 0 saturated carbocycles. The van der Waals surface area contributed by atoms with Gasteiger partial charge in [-0.25, -0.2) is 8.42 Å². The molecule has 0 spiro atoms. The molecule has 1 saturated heterocycles. The topological polar surface area (TPSA) is 107 Å². The largest absolute Gasteiger partial charge is 0.444 e. The van der Waals surface area contributed by atoms with Crippen LogP contribution in [0.4, 0.5) is 5.88 Å². The van der Waals surface area contributed by atoms with Crippen molar-refractivity contribution in [2.75, 3.05) is 38.0 Å². The fraction of sp³-hybridized carbons (Fsp3) is 0.429. The van der Waals surface area contributed by atoms with E-state index in [1.54, 1.807) is 32.9 Å². The van der Waals surface area contributed by atoms with Crippen LogP contribution in [0.1, 0.15) is 28.0 Å². The van der Waals surface area contributed by atoms with E-state index < -0.39 is 10.0 Å². The molecule has 1 aliphatic rings. The smallest absolute Gasteiger partial charge is 0.243 e. The quantitative estimate of drug-likeness (QED) is 0.780. The van der Waals surface area contributed by atoms with Gasteiger partial charge in [0, 0.05) is 31.7 Å². The first kappa shape index (κ1) is 22.0. The van der Waals surface area contributed by atoms with Gasteiger partial charge in [0.2, 0.25) is 21.8 Å². The van der Waals surface area contributed by atoms with Gasteiger partial charge in [-0.2, -0.15) is 9.57 Å². The van der Waals surface area contributed by atoms with Gasteiger partial charge in [-0.15, -0.1) is 0 Å². The number of hydrogen-bond donors (Lipinski definition) is 1. The Morgan fingerprint density at radius 1 is 1.17 bits per heavy atom. The van der Waals surface area contributed by atoms with Gasteiger partial charge in [-0.3, -0.25) is 15.0 Å². The number of nitrogens with one attached hydrogen (secondary N) is 1. The molecule has 0 aliphatic carbocycles. The molecule has 0 unspecified atom stereocenters. The summed E-state index contributed by atoms with van der Waals surface area (Å²) in [6, 6.07) is 7.36. The maximum Gasteiger partial charge on any atom is 0.243 e. The van der Waals surface area contributed by atoms with Crippen molar-refractivity contribution in [3.63, 3.8) is 0 Å². The lowest BCUT2D eigenvalue weighted by Gasteiger charge is -2.33. The fourth-order valence-electron chi connectivity index (χ4n) is 3.57. The number of piperazine rings is 1. The van der Waals surface area contributed by atoms with Crippen molar-refractivity contribution in [3.05, 3.63) is 46.2 Å². The lowest BCUT2D eigenvalue weighted by molar-refractivity contribution is -0.117. The highest BCUT2D eigenvalue weighted by Gasteiger charge is 2.30. The minimum Gasteiger partial charge on any atom is -0.444 e. The molecular formula is C21H26N4O4S. The van der Waals surface area contributed by atoms with Crippen molar-refractivity contribution in [2.45, 2.75) is 32.6 Å². The third-order valence-corrected chi connectivity index (χ3v) is 7.46. The summed E-state index contributed by atoms with van der Waals surface area (Å²) >= 11 is 0. The molecule has 3 rings (SSSR count). The Kier molecular flexibility index (Phi) is 6.31. The Balaban J connectivity index is 1.60. The maximum atomic E-state index is 13.0. The van der Waals surface area contributed by atoms with Crippen LogP contribution in [0, 0.1) is 39.0 Å². The van der Waals surface area contributed by atoms with Gasteiger partial charge >= 0.3 is 0 Å². The number of nitrogens with zero attached hydrogens (tertiary/aromatic N) is 3. The average molecular weight is 431 g/mol. The third-order valence-electron chi connectivity index (χ3n) is 5.40. The van der Waals surface area contributed by atoms with Crippen molar-refractivity contribution < 1.29 is 17.6 Å². The van der Waals surface area contributed by atoms with Crippen molar-refractivity contribution >= 4 is 21.8 Å². The number of rotatable bonds is 5. The summed E-state index contributed by atoms with van der Waals surface area (Å²) in [4.78, 5) is 14.6. The van der Waals surface area contributed by atoms with Crippen LogP contribution < -0.4 is 5.32 Å². The number of carbonyl (C=O) groups excluding carboxylic acids is 1. The van der Waals surface area contributed by atoms with E-state index in [-0.39, 0.29) is 18.3 Å². The third kappa shape index (κ3) is 4.41. The first-order valence-electron chi connectivity index (χ1n) is 9.73. The highest BCUT2D eigenvalue weighted by atomic mass is 32.2. The van der Waals surface area contributed by atoms with E-state index in [1.807, 2.05) is 24.0 Å². The van der Waals surface area contributed by atoms with Gasteiger partial charge in [-0.1, -0.05) is 17.7 Å². The second-order valence-corrected chi connectivity index (χ2v) is 9.50. The van der Waals surface area contributed by atoms with E-state index >= 15 is 0 Å². The zero-order valence-electron chi connectivity index (χ0n) is 17.7. The van der Waals surface area contributed by atoms with Gasteiger partial charge in [0.1, 0.15) is 17.4 Å². The molecule has 1 aliphatic heterocycles. The zero-order chi connectivity index (χ0) is 22.1. The first-order chi connectivity index (χ1) is 14.1. The van der Waals surface area contributed by atoms with Gasteiger partial charge in [0.25, 0.3) is 0 Å². The molecule has 2 aromatic rings. The zero-order valence-corrected chi connectivity index (χ0v) is 18.5. The van der Waals surface area contributed by atoms with E-state index in [9.17, 15) is 18.5 Å². The lowest BCUT2D eigenvalue weighted by atomic mass is 10.2. The summed E-state index contributed by atoms with van der Waals surface area (Å²) in [7, 11) is -3.57. The summed E-state index contributed by atoms with van der Waals surface area (Å²) < 4.78 is 32.9. The van der Waals surface area contributed by atoms with Crippen molar-refractivity contribution in [3.8, 4) is 6.07 Å². The summed E-state index contributed by atoms with van der Waals surface area (Å²) in [5, 5.41) is 11.9. The highest BCUT2D eigenvalue weighted by Crippen LogP contribution is 2.25. The Morgan fingerprint density at radius 3 is 2.43 bits per heavy atom. The molecular weight excluding hydrogens is 404 g/mol. The van der Waals surface area contributed by atoms with E-state index in [1.165, 1.54) is 4.31 Å². The van der Waals surface area contributed by atoms with Crippen LogP contribution in [0.15, 0.2) is 27.5 Å². The fourth-order valence-corrected chi connectivity index (χ4v) is 5.20. The number of aryl methyl sites for hydroxylation is 3. The Morgan fingerprint density at radius 2 is 1.83 bits per heavy atom. The molecule has 2 heterocycles. The number of hydrogen-bond acceptors (Lipinski definition) is 6. The molecule has 0 atom stereocenters. The number of sulfonamides is 1. The molecule has 30 heavy (non-hydrogen) atoms. The lowest BCUT2D eigenvalue weighted by Crippen LogP contribution is -2.50. The van der Waals surface area contributed by atoms with Crippen LogP contribution in [-0.2, 0) is 14.8 Å². The highest BCUT2D eigenvalue weighted by molar-refractivity contribution is 7.89. The molecule has 1 aromatic carbocycles. The minimum absolute atomic E-state index is 0.0983. The SMILES string of the molecule is Cc1ccc(S(=O)(=O)N2CCN(CC(=O)Nc3oc(C)c(C)c3C#N)CC2)c(C)c1. The summed E-state index contributed by atoms with van der Waals surface area (Å²) in [6.07, 6.45) is 0. The number of nitriles is 1. The molecule has 9 heteroatoms. The summed E-state index contributed by atoms with van der Waals surface area (Å²) in [5.74, 6) is 0.451. The van der Waals surface area contributed by atoms with Crippen molar-refractivity contribution in [2.24, 2.45) is 0 Å². The normalized spacial score (nSPS) is 15.7. The molecule has 0 radical (unpaired) electrons. The molecule has 1 aromatic heterocycles. The number of carbonyl (C=O) groups is 1. The average Bonchev–Trinajstić information content (AvgIpc) is 2.94. The van der Waals surface area contributed by atoms with Crippen LogP contribution in [0.5, 0.6) is 0 Å². The standard InChI is InChI=1S/C21H26N4O4S/c1-14-5-6-19(15(2)11-14)30(27,28)25-9-7-24(8-10-25)13-20(26)23-21-18(12-22)16(3)17(4)29-21/h5-6,11H,7-10,13H2,1-4H3,(H,23,26). The Labute approximate surface area is 177 Å². The number of amides is 1. The van der Waals surface area contributed by atoms with Crippen LogP contribution in [0.3, 0.4) is 0 Å². The predicted molar refractivity (Wildman–Crippen MR) is 113 cm³/mol. The predicted octanol–water partition coefficient (Wildman–Crippen LogP) is 2.33. The maximum absolute atomic E-state index is 13.0. The van der Waals surface area contributed by atoms with Gasteiger partial charge in [-0.05, 0) is 39.3 Å². The molecule has 1 fully saturated rings. The van der Waals surface area contributed by atoms with Gasteiger partial charge < -0.3 is 4.42 Å². The van der Waals surface area contributed by atoms with E-state index in [4.69, 9.17) is 4.42 Å². The van der Waals surface area contributed by atoms with Crippen LogP contribution in [-0.4, -0.2) is 56.3 Å². The second-order valence-electron chi connectivity index (χ2n) is 7.60. The molecule has 0 bridgehead atoms. The second kappa shape index (κ2) is 8.60. The van der Waals surface area contributed by atoms with Gasteiger partial charge in [0.05, 0.1) is 11.4 Å².